The van der Waals surface area contributed by atoms with Crippen LogP contribution < -0.4 is 4.90 Å². The Morgan fingerprint density at radius 1 is 1.11 bits per heavy atom. The summed E-state index contributed by atoms with van der Waals surface area (Å²) in [5.74, 6) is -1.56. The van der Waals surface area contributed by atoms with Gasteiger partial charge >= 0.3 is 12.0 Å². The highest BCUT2D eigenvalue weighted by Crippen LogP contribution is 2.42. The van der Waals surface area contributed by atoms with Crippen molar-refractivity contribution >= 4 is 34.5 Å². The van der Waals surface area contributed by atoms with Gasteiger partial charge in [0.1, 0.15) is 6.04 Å². The number of imide groups is 1. The summed E-state index contributed by atoms with van der Waals surface area (Å²) in [5, 5.41) is 10.5. The zero-order valence-corrected chi connectivity index (χ0v) is 15.0. The lowest BCUT2D eigenvalue weighted by Crippen LogP contribution is -2.42. The number of rotatable bonds is 2. The minimum atomic E-state index is -1.18. The molecule has 5 rings (SSSR count). The van der Waals surface area contributed by atoms with Gasteiger partial charge in [-0.3, -0.25) is 4.79 Å². The van der Waals surface area contributed by atoms with E-state index in [1.807, 2.05) is 31.2 Å². The summed E-state index contributed by atoms with van der Waals surface area (Å²) in [5.41, 5.74) is 2.99. The molecule has 2 aromatic carbocycles. The highest BCUT2D eigenvalue weighted by atomic mass is 16.4. The number of aromatic amines is 1. The number of carboxylic acids is 1. The van der Waals surface area contributed by atoms with Crippen LogP contribution in [0.25, 0.3) is 10.9 Å². The van der Waals surface area contributed by atoms with E-state index in [1.165, 1.54) is 12.1 Å². The number of benzene rings is 2. The van der Waals surface area contributed by atoms with Crippen molar-refractivity contribution in [3.8, 4) is 0 Å². The summed E-state index contributed by atoms with van der Waals surface area (Å²) < 4.78 is 0. The van der Waals surface area contributed by atoms with Crippen LogP contribution in [0, 0.1) is 0 Å². The van der Waals surface area contributed by atoms with E-state index in [9.17, 15) is 19.5 Å². The molecule has 28 heavy (non-hydrogen) atoms. The Morgan fingerprint density at radius 3 is 2.61 bits per heavy atom. The molecule has 0 aliphatic carbocycles. The first-order chi connectivity index (χ1) is 13.5. The van der Waals surface area contributed by atoms with Crippen molar-refractivity contribution in [3.63, 3.8) is 0 Å². The minimum absolute atomic E-state index is 0.0688. The largest absolute Gasteiger partial charge is 0.478 e. The van der Waals surface area contributed by atoms with Crippen molar-refractivity contribution in [3.05, 3.63) is 65.4 Å². The second kappa shape index (κ2) is 5.69. The second-order valence-corrected chi connectivity index (χ2v) is 7.14. The van der Waals surface area contributed by atoms with E-state index in [-0.39, 0.29) is 23.2 Å². The highest BCUT2D eigenvalue weighted by Gasteiger charge is 2.52. The molecule has 1 unspecified atom stereocenters. The third kappa shape index (κ3) is 2.07. The van der Waals surface area contributed by atoms with Gasteiger partial charge in [-0.25, -0.2) is 14.5 Å². The SMILES string of the molecule is CC1c2[nH]c3ccccc3c2C[C@@H]2C(=O)N(c3ccccc3C(=O)O)C(=O)N12. The molecule has 0 saturated carbocycles. The summed E-state index contributed by atoms with van der Waals surface area (Å²) in [6.07, 6.45) is 0.403. The van der Waals surface area contributed by atoms with Gasteiger partial charge in [0.2, 0.25) is 0 Å². The van der Waals surface area contributed by atoms with Crippen molar-refractivity contribution in [2.24, 2.45) is 0 Å². The molecule has 7 nitrogen and oxygen atoms in total. The topological polar surface area (TPSA) is 93.7 Å². The molecule has 2 atom stereocenters. The van der Waals surface area contributed by atoms with Crippen LogP contribution in [0.3, 0.4) is 0 Å². The molecular formula is C21H17N3O4. The maximum absolute atomic E-state index is 13.2. The maximum Gasteiger partial charge on any atom is 0.337 e. The van der Waals surface area contributed by atoms with Crippen molar-refractivity contribution in [1.29, 1.82) is 0 Å². The number of carboxylic acid groups (broad SMARTS) is 1. The number of para-hydroxylation sites is 2. The third-order valence-electron chi connectivity index (χ3n) is 5.71. The molecule has 7 heteroatoms. The molecule has 140 valence electrons. The fraction of sp³-hybridized carbons (Fsp3) is 0.190. The molecule has 2 aliphatic heterocycles. The summed E-state index contributed by atoms with van der Waals surface area (Å²) in [6.45, 7) is 1.89. The Hall–Kier alpha value is -3.61. The van der Waals surface area contributed by atoms with Gasteiger partial charge in [0.15, 0.2) is 0 Å². The molecule has 0 bridgehead atoms. The predicted octanol–water partition coefficient (Wildman–Crippen LogP) is 3.32. The average Bonchev–Trinajstić information content (AvgIpc) is 3.18. The van der Waals surface area contributed by atoms with E-state index < -0.39 is 18.0 Å². The number of anilines is 1. The van der Waals surface area contributed by atoms with Crippen LogP contribution in [-0.2, 0) is 11.2 Å². The monoisotopic (exact) mass is 375 g/mol. The van der Waals surface area contributed by atoms with Crippen molar-refractivity contribution < 1.29 is 19.5 Å². The van der Waals surface area contributed by atoms with Crippen LogP contribution in [0.4, 0.5) is 10.5 Å². The van der Waals surface area contributed by atoms with Gasteiger partial charge in [-0.1, -0.05) is 30.3 Å². The molecule has 1 saturated heterocycles. The number of fused-ring (bicyclic) bond motifs is 4. The highest BCUT2D eigenvalue weighted by molar-refractivity contribution is 6.23. The zero-order valence-electron chi connectivity index (χ0n) is 15.0. The van der Waals surface area contributed by atoms with E-state index in [1.54, 1.807) is 17.0 Å². The van der Waals surface area contributed by atoms with Gasteiger partial charge in [0.05, 0.1) is 17.3 Å². The molecule has 1 aromatic heterocycles. The van der Waals surface area contributed by atoms with Gasteiger partial charge in [0, 0.05) is 23.0 Å². The molecule has 2 aliphatic rings. The summed E-state index contributed by atoms with van der Waals surface area (Å²) >= 11 is 0. The summed E-state index contributed by atoms with van der Waals surface area (Å²) in [6, 6.07) is 12.5. The summed E-state index contributed by atoms with van der Waals surface area (Å²) in [7, 11) is 0. The molecule has 3 heterocycles. The first-order valence-electron chi connectivity index (χ1n) is 9.07. The lowest BCUT2D eigenvalue weighted by molar-refractivity contribution is -0.120. The van der Waals surface area contributed by atoms with E-state index in [0.717, 1.165) is 27.1 Å². The molecule has 1 fully saturated rings. The number of hydrogen-bond acceptors (Lipinski definition) is 3. The molecule has 0 spiro atoms. The lowest BCUT2D eigenvalue weighted by atomic mass is 9.93. The second-order valence-electron chi connectivity index (χ2n) is 7.14. The fourth-order valence-electron chi connectivity index (χ4n) is 4.43. The fourth-order valence-corrected chi connectivity index (χ4v) is 4.43. The van der Waals surface area contributed by atoms with Crippen LogP contribution >= 0.6 is 0 Å². The maximum atomic E-state index is 13.2. The van der Waals surface area contributed by atoms with Crippen LogP contribution in [-0.4, -0.2) is 38.9 Å². The van der Waals surface area contributed by atoms with E-state index in [0.29, 0.717) is 6.42 Å². The van der Waals surface area contributed by atoms with E-state index >= 15 is 0 Å². The van der Waals surface area contributed by atoms with Crippen molar-refractivity contribution in [2.75, 3.05) is 4.90 Å². The van der Waals surface area contributed by atoms with Crippen molar-refractivity contribution in [2.45, 2.75) is 25.4 Å². The molecule has 3 aromatic rings. The quantitative estimate of drug-likeness (QED) is 0.672. The van der Waals surface area contributed by atoms with Gasteiger partial charge < -0.3 is 15.0 Å². The van der Waals surface area contributed by atoms with Crippen LogP contribution in [0.5, 0.6) is 0 Å². The Labute approximate surface area is 160 Å². The average molecular weight is 375 g/mol. The van der Waals surface area contributed by atoms with Crippen LogP contribution in [0.1, 0.15) is 34.6 Å². The number of carbonyl (C=O) groups excluding carboxylic acids is 2. The Kier molecular flexibility index (Phi) is 3.37. The zero-order chi connectivity index (χ0) is 19.6. The van der Waals surface area contributed by atoms with Gasteiger partial charge in [-0.05, 0) is 30.7 Å². The number of urea groups is 1. The number of nitrogens with one attached hydrogen (secondary N) is 1. The van der Waals surface area contributed by atoms with Gasteiger partial charge in [-0.2, -0.15) is 0 Å². The normalized spacial score (nSPS) is 21.2. The molecule has 3 amide bonds. The van der Waals surface area contributed by atoms with Gasteiger partial charge in [-0.15, -0.1) is 0 Å². The summed E-state index contributed by atoms with van der Waals surface area (Å²) in [4.78, 5) is 43.9. The number of amides is 3. The standard InChI is InChI=1S/C21H17N3O4/c1-11-18-14(12-6-2-4-8-15(12)22-18)10-17-19(25)24(21(28)23(11)17)16-9-5-3-7-13(16)20(26)27/h2-9,11,17,22H,10H2,1H3,(H,26,27)/t11?,17-/m1/s1. The Balaban J connectivity index is 1.62. The van der Waals surface area contributed by atoms with Gasteiger partial charge in [0.25, 0.3) is 5.91 Å². The Morgan fingerprint density at radius 2 is 1.82 bits per heavy atom. The lowest BCUT2D eigenvalue weighted by Gasteiger charge is -2.33. The van der Waals surface area contributed by atoms with Crippen molar-refractivity contribution in [1.82, 2.24) is 9.88 Å². The number of aromatic nitrogens is 1. The third-order valence-corrected chi connectivity index (χ3v) is 5.71. The minimum Gasteiger partial charge on any atom is -0.478 e. The number of nitrogens with zero attached hydrogens (tertiary/aromatic N) is 2. The van der Waals surface area contributed by atoms with E-state index in [2.05, 4.69) is 4.98 Å². The van der Waals surface area contributed by atoms with Crippen LogP contribution in [0.15, 0.2) is 48.5 Å². The smallest absolute Gasteiger partial charge is 0.337 e. The molecule has 2 N–H and O–H groups in total. The number of aromatic carboxylic acids is 1. The number of carbonyl (C=O) groups is 3. The number of H-pyrrole nitrogens is 1. The first kappa shape index (κ1) is 16.6. The molecular weight excluding hydrogens is 358 g/mol. The molecule has 0 radical (unpaired) electrons. The van der Waals surface area contributed by atoms with E-state index in [4.69, 9.17) is 0 Å². The van der Waals surface area contributed by atoms with Crippen LogP contribution in [0.2, 0.25) is 0 Å². The predicted molar refractivity (Wildman–Crippen MR) is 102 cm³/mol. The number of hydrogen-bond donors (Lipinski definition) is 2. The first-order valence-corrected chi connectivity index (χ1v) is 9.07. The Bertz CT molecular complexity index is 1170.